The van der Waals surface area contributed by atoms with Crippen molar-refractivity contribution in [1.82, 2.24) is 0 Å². The fourth-order valence-corrected chi connectivity index (χ4v) is 0.933. The normalized spacial score (nSPS) is 27.1. The maximum Gasteiger partial charge on any atom is 0.371 e. The molecule has 0 amide bonds. The molecule has 1 saturated heterocycles. The molecule has 5 heteroatoms. The molecule has 12 heavy (non-hydrogen) atoms. The first-order valence-electron chi connectivity index (χ1n) is 3.35. The van der Waals surface area contributed by atoms with Crippen LogP contribution in [0.5, 0.6) is 0 Å². The molecule has 0 radical (unpaired) electrons. The van der Waals surface area contributed by atoms with E-state index in [1.165, 1.54) is 12.1 Å². The zero-order valence-electron chi connectivity index (χ0n) is 5.93. The van der Waals surface area contributed by atoms with Crippen LogP contribution in [-0.4, -0.2) is 22.5 Å². The standard InChI is InChI=1S/C7H6O5/c8-6(9)4-2-1-3(11-4)5-7(10)12-5/h1-2,5,7,10H,(H,8,9). The van der Waals surface area contributed by atoms with Gasteiger partial charge in [-0.15, -0.1) is 0 Å². The first-order chi connectivity index (χ1) is 5.68. The maximum atomic E-state index is 10.3. The van der Waals surface area contributed by atoms with Gasteiger partial charge in [0, 0.05) is 0 Å². The summed E-state index contributed by atoms with van der Waals surface area (Å²) < 4.78 is 9.52. The summed E-state index contributed by atoms with van der Waals surface area (Å²) in [5, 5.41) is 17.3. The second-order valence-corrected chi connectivity index (χ2v) is 2.45. The second kappa shape index (κ2) is 2.33. The molecule has 0 aliphatic carbocycles. The van der Waals surface area contributed by atoms with E-state index in [2.05, 4.69) is 4.74 Å². The van der Waals surface area contributed by atoms with Gasteiger partial charge in [-0.3, -0.25) is 0 Å². The minimum atomic E-state index is -1.13. The van der Waals surface area contributed by atoms with E-state index in [9.17, 15) is 4.79 Å². The zero-order chi connectivity index (χ0) is 8.72. The predicted molar refractivity (Wildman–Crippen MR) is 35.5 cm³/mol. The predicted octanol–water partition coefficient (Wildman–Crippen LogP) is 0.367. The minimum Gasteiger partial charge on any atom is -0.475 e. The number of aliphatic hydroxyl groups is 1. The molecule has 2 unspecified atom stereocenters. The number of hydrogen-bond donors (Lipinski definition) is 2. The van der Waals surface area contributed by atoms with Crippen LogP contribution >= 0.6 is 0 Å². The van der Waals surface area contributed by atoms with E-state index in [1.807, 2.05) is 0 Å². The Labute approximate surface area is 67.2 Å². The SMILES string of the molecule is O=C(O)c1ccc(C2OC2O)o1. The topological polar surface area (TPSA) is 83.2 Å². The first kappa shape index (κ1) is 7.33. The third-order valence-corrected chi connectivity index (χ3v) is 1.59. The molecular weight excluding hydrogens is 164 g/mol. The molecule has 1 aliphatic rings. The van der Waals surface area contributed by atoms with Gasteiger partial charge in [0.2, 0.25) is 5.76 Å². The summed E-state index contributed by atoms with van der Waals surface area (Å²) in [6, 6.07) is 2.80. The van der Waals surface area contributed by atoms with Crippen molar-refractivity contribution in [3.8, 4) is 0 Å². The van der Waals surface area contributed by atoms with E-state index in [0.29, 0.717) is 5.76 Å². The van der Waals surface area contributed by atoms with Crippen LogP contribution in [0.1, 0.15) is 22.4 Å². The molecule has 2 N–H and O–H groups in total. The van der Waals surface area contributed by atoms with E-state index >= 15 is 0 Å². The Hall–Kier alpha value is -1.33. The van der Waals surface area contributed by atoms with Crippen molar-refractivity contribution in [2.45, 2.75) is 12.4 Å². The molecule has 1 aromatic rings. The van der Waals surface area contributed by atoms with Crippen molar-refractivity contribution in [3.05, 3.63) is 23.7 Å². The number of rotatable bonds is 2. The van der Waals surface area contributed by atoms with Gasteiger partial charge in [0.1, 0.15) is 5.76 Å². The van der Waals surface area contributed by atoms with Crippen LogP contribution in [0.3, 0.4) is 0 Å². The van der Waals surface area contributed by atoms with Gasteiger partial charge in [-0.25, -0.2) is 4.79 Å². The zero-order valence-corrected chi connectivity index (χ0v) is 5.93. The summed E-state index contributed by atoms with van der Waals surface area (Å²) in [7, 11) is 0. The van der Waals surface area contributed by atoms with Crippen LogP contribution in [0.25, 0.3) is 0 Å². The molecule has 2 rings (SSSR count). The molecule has 64 valence electrons. The number of carboxylic acid groups (broad SMARTS) is 1. The summed E-state index contributed by atoms with van der Waals surface area (Å²) in [6.07, 6.45) is -1.34. The number of ether oxygens (including phenoxy) is 1. The van der Waals surface area contributed by atoms with Crippen molar-refractivity contribution >= 4 is 5.97 Å². The molecule has 5 nitrogen and oxygen atoms in total. The van der Waals surface area contributed by atoms with Crippen molar-refractivity contribution in [1.29, 1.82) is 0 Å². The number of carbonyl (C=O) groups is 1. The molecule has 0 spiro atoms. The van der Waals surface area contributed by atoms with Crippen LogP contribution in [-0.2, 0) is 4.74 Å². The Balaban J connectivity index is 2.19. The summed E-state index contributed by atoms with van der Waals surface area (Å²) in [4.78, 5) is 10.3. The molecule has 1 fully saturated rings. The van der Waals surface area contributed by atoms with Gasteiger partial charge >= 0.3 is 5.97 Å². The van der Waals surface area contributed by atoms with Crippen molar-refractivity contribution < 1.29 is 24.2 Å². The molecule has 2 atom stereocenters. The number of hydrogen-bond acceptors (Lipinski definition) is 4. The number of furan rings is 1. The molecular formula is C7H6O5. The van der Waals surface area contributed by atoms with E-state index in [1.54, 1.807) is 0 Å². The van der Waals surface area contributed by atoms with Gasteiger partial charge < -0.3 is 19.4 Å². The Morgan fingerprint density at radius 2 is 2.17 bits per heavy atom. The quantitative estimate of drug-likeness (QED) is 0.626. The van der Waals surface area contributed by atoms with Gasteiger partial charge in [0.05, 0.1) is 0 Å². The Morgan fingerprint density at radius 1 is 1.50 bits per heavy atom. The number of aliphatic hydroxyl groups excluding tert-OH is 1. The molecule has 1 aromatic heterocycles. The van der Waals surface area contributed by atoms with Gasteiger partial charge in [0.15, 0.2) is 12.4 Å². The highest BCUT2D eigenvalue weighted by Gasteiger charge is 2.41. The third kappa shape index (κ3) is 1.09. The van der Waals surface area contributed by atoms with Crippen molar-refractivity contribution in [2.75, 3.05) is 0 Å². The fraction of sp³-hybridized carbons (Fsp3) is 0.286. The van der Waals surface area contributed by atoms with E-state index in [0.717, 1.165) is 0 Å². The Bertz CT molecular complexity index is 315. The Morgan fingerprint density at radius 3 is 2.58 bits per heavy atom. The van der Waals surface area contributed by atoms with Crippen LogP contribution in [0.2, 0.25) is 0 Å². The van der Waals surface area contributed by atoms with Crippen LogP contribution in [0.15, 0.2) is 16.5 Å². The highest BCUT2D eigenvalue weighted by atomic mass is 16.7. The molecule has 0 aromatic carbocycles. The van der Waals surface area contributed by atoms with Crippen LogP contribution < -0.4 is 0 Å². The van der Waals surface area contributed by atoms with Crippen LogP contribution in [0, 0.1) is 0 Å². The first-order valence-corrected chi connectivity index (χ1v) is 3.35. The molecule has 0 bridgehead atoms. The lowest BCUT2D eigenvalue weighted by molar-refractivity contribution is 0.0659. The second-order valence-electron chi connectivity index (χ2n) is 2.45. The highest BCUT2D eigenvalue weighted by molar-refractivity contribution is 5.84. The van der Waals surface area contributed by atoms with E-state index in [4.69, 9.17) is 14.6 Å². The highest BCUT2D eigenvalue weighted by Crippen LogP contribution is 2.37. The Kier molecular flexibility index (Phi) is 1.42. The van der Waals surface area contributed by atoms with Crippen LogP contribution in [0.4, 0.5) is 0 Å². The average Bonchev–Trinajstić information content (AvgIpc) is 2.59. The maximum absolute atomic E-state index is 10.3. The lowest BCUT2D eigenvalue weighted by Gasteiger charge is -1.86. The number of epoxide rings is 1. The van der Waals surface area contributed by atoms with E-state index in [-0.39, 0.29) is 5.76 Å². The van der Waals surface area contributed by atoms with Gasteiger partial charge in [-0.2, -0.15) is 0 Å². The summed E-state index contributed by atoms with van der Waals surface area (Å²) >= 11 is 0. The lowest BCUT2D eigenvalue weighted by Crippen LogP contribution is -1.92. The van der Waals surface area contributed by atoms with Gasteiger partial charge in [-0.1, -0.05) is 0 Å². The number of carboxylic acids is 1. The monoisotopic (exact) mass is 170 g/mol. The van der Waals surface area contributed by atoms with Crippen molar-refractivity contribution in [3.63, 3.8) is 0 Å². The average molecular weight is 170 g/mol. The molecule has 0 saturated carbocycles. The number of aromatic carboxylic acids is 1. The summed E-state index contributed by atoms with van der Waals surface area (Å²) in [6.45, 7) is 0. The minimum absolute atomic E-state index is 0.146. The lowest BCUT2D eigenvalue weighted by atomic mass is 10.3. The summed E-state index contributed by atoms with van der Waals surface area (Å²) in [5.74, 6) is -0.927. The fourth-order valence-electron chi connectivity index (χ4n) is 0.933. The molecule has 1 aliphatic heterocycles. The van der Waals surface area contributed by atoms with Gasteiger partial charge in [-0.05, 0) is 12.1 Å². The van der Waals surface area contributed by atoms with Crippen molar-refractivity contribution in [2.24, 2.45) is 0 Å². The third-order valence-electron chi connectivity index (χ3n) is 1.59. The smallest absolute Gasteiger partial charge is 0.371 e. The largest absolute Gasteiger partial charge is 0.475 e. The van der Waals surface area contributed by atoms with E-state index < -0.39 is 18.4 Å². The molecule has 2 heterocycles. The van der Waals surface area contributed by atoms with Gasteiger partial charge in [0.25, 0.3) is 0 Å². The summed E-state index contributed by atoms with van der Waals surface area (Å²) in [5.41, 5.74) is 0.